The van der Waals surface area contributed by atoms with E-state index in [1.54, 1.807) is 12.1 Å². The number of carbonyl (C=O) groups excluding carboxylic acids is 1. The van der Waals surface area contributed by atoms with E-state index in [1.807, 2.05) is 0 Å². The Morgan fingerprint density at radius 2 is 2.13 bits per heavy atom. The largest absolute Gasteiger partial charge is 0.298 e. The predicted molar refractivity (Wildman–Crippen MR) is 53.9 cm³/mol. The second-order valence-corrected chi connectivity index (χ2v) is 3.23. The summed E-state index contributed by atoms with van der Waals surface area (Å²) < 4.78 is 14.5. The van der Waals surface area contributed by atoms with Crippen LogP contribution in [0.1, 0.15) is 10.4 Å². The van der Waals surface area contributed by atoms with Crippen molar-refractivity contribution >= 4 is 17.9 Å². The number of aldehydes is 1. The molecule has 2 rings (SSSR count). The van der Waals surface area contributed by atoms with E-state index in [2.05, 4.69) is 5.10 Å². The minimum Gasteiger partial charge on any atom is -0.298 e. The van der Waals surface area contributed by atoms with Gasteiger partial charge in [0, 0.05) is 0 Å². The van der Waals surface area contributed by atoms with Crippen molar-refractivity contribution in [2.75, 3.05) is 0 Å². The zero-order chi connectivity index (χ0) is 10.8. The Balaban J connectivity index is 2.59. The lowest BCUT2D eigenvalue weighted by Crippen LogP contribution is -1.99. The highest BCUT2D eigenvalue weighted by Gasteiger charge is 2.11. The Morgan fingerprint density at radius 3 is 2.73 bits per heavy atom. The van der Waals surface area contributed by atoms with Crippen molar-refractivity contribution in [3.8, 4) is 5.69 Å². The minimum absolute atomic E-state index is 0.107. The molecule has 0 saturated heterocycles. The highest BCUT2D eigenvalue weighted by atomic mass is 35.5. The third-order valence-electron chi connectivity index (χ3n) is 1.94. The van der Waals surface area contributed by atoms with Crippen LogP contribution < -0.4 is 0 Å². The molecule has 0 fully saturated rings. The molecule has 3 nitrogen and oxygen atoms in total. The fraction of sp³-hybridized carbons (Fsp3) is 0. The molecule has 0 unspecified atom stereocenters. The summed E-state index contributed by atoms with van der Waals surface area (Å²) in [6.45, 7) is 0. The highest BCUT2D eigenvalue weighted by Crippen LogP contribution is 2.20. The summed E-state index contributed by atoms with van der Waals surface area (Å²) in [5.41, 5.74) is 0.454. The first-order valence-corrected chi connectivity index (χ1v) is 4.55. The Hall–Kier alpha value is -1.68. The summed E-state index contributed by atoms with van der Waals surface area (Å²) in [6, 6.07) is 6.06. The first kappa shape index (κ1) is 9.86. The number of benzene rings is 1. The van der Waals surface area contributed by atoms with Gasteiger partial charge in [0.25, 0.3) is 0 Å². The lowest BCUT2D eigenvalue weighted by molar-refractivity contribution is 0.112. The molecule has 0 radical (unpaired) electrons. The van der Waals surface area contributed by atoms with Crippen LogP contribution in [0.2, 0.25) is 5.15 Å². The van der Waals surface area contributed by atoms with E-state index in [0.717, 1.165) is 0 Å². The molecule has 0 aliphatic rings. The number of hydrogen-bond donors (Lipinski definition) is 0. The second kappa shape index (κ2) is 3.82. The van der Waals surface area contributed by atoms with Crippen molar-refractivity contribution < 1.29 is 9.18 Å². The molecule has 1 heterocycles. The van der Waals surface area contributed by atoms with Gasteiger partial charge in [-0.05, 0) is 12.1 Å². The van der Waals surface area contributed by atoms with E-state index >= 15 is 0 Å². The summed E-state index contributed by atoms with van der Waals surface area (Å²) in [6.07, 6.45) is 1.87. The number of rotatable bonds is 2. The average molecular weight is 225 g/mol. The number of para-hydroxylation sites is 1. The number of hydrogen-bond acceptors (Lipinski definition) is 2. The molecular formula is C10H6ClFN2O. The lowest BCUT2D eigenvalue weighted by Gasteiger charge is -2.03. The molecule has 1 aromatic carbocycles. The molecule has 0 bridgehead atoms. The molecule has 0 amide bonds. The van der Waals surface area contributed by atoms with E-state index in [-0.39, 0.29) is 16.4 Å². The van der Waals surface area contributed by atoms with Gasteiger partial charge in [-0.2, -0.15) is 5.10 Å². The van der Waals surface area contributed by atoms with Gasteiger partial charge in [-0.25, -0.2) is 9.07 Å². The monoisotopic (exact) mass is 224 g/mol. The molecule has 1 aromatic heterocycles. The third-order valence-corrected chi connectivity index (χ3v) is 2.32. The van der Waals surface area contributed by atoms with Crippen molar-refractivity contribution in [1.29, 1.82) is 0 Å². The normalized spacial score (nSPS) is 10.3. The van der Waals surface area contributed by atoms with Crippen LogP contribution in [0.15, 0.2) is 30.5 Å². The summed E-state index contributed by atoms with van der Waals surface area (Å²) >= 11 is 5.83. The van der Waals surface area contributed by atoms with Crippen LogP contribution in [-0.2, 0) is 0 Å². The van der Waals surface area contributed by atoms with Crippen LogP contribution in [-0.4, -0.2) is 16.1 Å². The molecule has 0 N–H and O–H groups in total. The standard InChI is InChI=1S/C10H6ClFN2O/c11-10-7(6-15)5-13-14(10)9-4-2-1-3-8(9)12/h1-6H. The molecule has 0 saturated carbocycles. The first-order chi connectivity index (χ1) is 7.24. The topological polar surface area (TPSA) is 34.9 Å². The SMILES string of the molecule is O=Cc1cnn(-c2ccccc2F)c1Cl. The second-order valence-electron chi connectivity index (χ2n) is 2.87. The van der Waals surface area contributed by atoms with Crippen molar-refractivity contribution in [1.82, 2.24) is 9.78 Å². The number of nitrogens with zero attached hydrogens (tertiary/aromatic N) is 2. The van der Waals surface area contributed by atoms with Gasteiger partial charge in [-0.15, -0.1) is 0 Å². The maximum absolute atomic E-state index is 13.4. The Morgan fingerprint density at radius 1 is 1.40 bits per heavy atom. The summed E-state index contributed by atoms with van der Waals surface area (Å²) in [5, 5.41) is 3.94. The summed E-state index contributed by atoms with van der Waals surface area (Å²) in [5.74, 6) is -0.444. The first-order valence-electron chi connectivity index (χ1n) is 4.17. The molecule has 0 atom stereocenters. The van der Waals surface area contributed by atoms with Crippen LogP contribution >= 0.6 is 11.6 Å². The highest BCUT2D eigenvalue weighted by molar-refractivity contribution is 6.32. The molecule has 0 aliphatic heterocycles. The number of halogens is 2. The fourth-order valence-electron chi connectivity index (χ4n) is 1.22. The molecule has 15 heavy (non-hydrogen) atoms. The van der Waals surface area contributed by atoms with E-state index in [4.69, 9.17) is 11.6 Å². The van der Waals surface area contributed by atoms with E-state index in [0.29, 0.717) is 6.29 Å². The van der Waals surface area contributed by atoms with Gasteiger partial charge in [0.1, 0.15) is 16.7 Å². The van der Waals surface area contributed by atoms with Crippen LogP contribution in [0.3, 0.4) is 0 Å². The average Bonchev–Trinajstić information content (AvgIpc) is 2.60. The molecule has 0 aliphatic carbocycles. The van der Waals surface area contributed by atoms with Crippen molar-refractivity contribution in [2.45, 2.75) is 0 Å². The molecule has 76 valence electrons. The maximum Gasteiger partial charge on any atom is 0.154 e. The van der Waals surface area contributed by atoms with Crippen molar-refractivity contribution in [3.63, 3.8) is 0 Å². The van der Waals surface area contributed by atoms with Crippen LogP contribution in [0, 0.1) is 5.82 Å². The van der Waals surface area contributed by atoms with E-state index in [1.165, 1.54) is 23.0 Å². The van der Waals surface area contributed by atoms with Gasteiger partial charge < -0.3 is 0 Å². The molecule has 2 aromatic rings. The van der Waals surface area contributed by atoms with Gasteiger partial charge in [0.2, 0.25) is 0 Å². The zero-order valence-electron chi connectivity index (χ0n) is 7.52. The molecule has 5 heteroatoms. The summed E-state index contributed by atoms with van der Waals surface area (Å²) in [4.78, 5) is 10.5. The zero-order valence-corrected chi connectivity index (χ0v) is 8.28. The quantitative estimate of drug-likeness (QED) is 0.735. The van der Waals surface area contributed by atoms with Gasteiger partial charge in [0.15, 0.2) is 6.29 Å². The van der Waals surface area contributed by atoms with Gasteiger partial charge >= 0.3 is 0 Å². The third kappa shape index (κ3) is 1.64. The van der Waals surface area contributed by atoms with Gasteiger partial charge in [-0.1, -0.05) is 23.7 Å². The van der Waals surface area contributed by atoms with Crippen LogP contribution in [0.5, 0.6) is 0 Å². The van der Waals surface area contributed by atoms with Crippen LogP contribution in [0.25, 0.3) is 5.69 Å². The fourth-order valence-corrected chi connectivity index (χ4v) is 1.44. The van der Waals surface area contributed by atoms with Crippen molar-refractivity contribution in [2.24, 2.45) is 0 Å². The van der Waals surface area contributed by atoms with Crippen LogP contribution in [0.4, 0.5) is 4.39 Å². The predicted octanol–water partition coefficient (Wildman–Crippen LogP) is 2.48. The smallest absolute Gasteiger partial charge is 0.154 e. The van der Waals surface area contributed by atoms with E-state index in [9.17, 15) is 9.18 Å². The van der Waals surface area contributed by atoms with Gasteiger partial charge in [-0.3, -0.25) is 4.79 Å². The van der Waals surface area contributed by atoms with Gasteiger partial charge in [0.05, 0.1) is 11.8 Å². The summed E-state index contributed by atoms with van der Waals surface area (Å²) in [7, 11) is 0. The lowest BCUT2D eigenvalue weighted by atomic mass is 10.3. The Bertz CT molecular complexity index is 510. The minimum atomic E-state index is -0.444. The Kier molecular flexibility index (Phi) is 2.51. The molecule has 0 spiro atoms. The van der Waals surface area contributed by atoms with Crippen molar-refractivity contribution in [3.05, 3.63) is 47.0 Å². The Labute approximate surface area is 90.1 Å². The molecular weight excluding hydrogens is 219 g/mol. The number of aromatic nitrogens is 2. The number of carbonyl (C=O) groups is 1. The maximum atomic E-state index is 13.4. The van der Waals surface area contributed by atoms with E-state index < -0.39 is 5.82 Å².